The van der Waals surface area contributed by atoms with E-state index in [0.29, 0.717) is 23.3 Å². The first-order chi connectivity index (χ1) is 16.2. The lowest BCUT2D eigenvalue weighted by molar-refractivity contribution is 0.202. The molecule has 2 heterocycles. The van der Waals surface area contributed by atoms with Crippen molar-refractivity contribution in [2.75, 3.05) is 5.32 Å². The van der Waals surface area contributed by atoms with Gasteiger partial charge in [-0.05, 0) is 71.5 Å². The lowest BCUT2D eigenvalue weighted by Gasteiger charge is -2.16. The number of aromatic nitrogens is 6. The number of hydrogen-bond acceptors (Lipinski definition) is 7. The van der Waals surface area contributed by atoms with Crippen LogP contribution in [0.3, 0.4) is 0 Å². The number of anilines is 2. The number of benzene rings is 2. The highest BCUT2D eigenvalue weighted by molar-refractivity contribution is 6.32. The van der Waals surface area contributed by atoms with Crippen LogP contribution in [0, 0.1) is 0 Å². The minimum Gasteiger partial charge on any atom is -0.489 e. The number of aryl methyl sites for hydroxylation is 2. The van der Waals surface area contributed by atoms with Crippen LogP contribution in [0.1, 0.15) is 30.9 Å². The second kappa shape index (κ2) is 9.54. The van der Waals surface area contributed by atoms with Crippen LogP contribution in [0.25, 0.3) is 11.1 Å². The highest BCUT2D eigenvalue weighted by atomic mass is 35.5. The summed E-state index contributed by atoms with van der Waals surface area (Å²) >= 11 is 6.39. The minimum absolute atomic E-state index is 0.0580. The lowest BCUT2D eigenvalue weighted by atomic mass is 10.1. The predicted molar refractivity (Wildman–Crippen MR) is 127 cm³/mol. The third-order valence-electron chi connectivity index (χ3n) is 5.79. The molecular weight excluding hydrogens is 438 g/mol. The number of ether oxygens (including phenoxy) is 1. The van der Waals surface area contributed by atoms with Crippen LogP contribution in [0.15, 0.2) is 55.1 Å². The lowest BCUT2D eigenvalue weighted by Crippen LogP contribution is -2.15. The first-order valence-corrected chi connectivity index (χ1v) is 11.4. The van der Waals surface area contributed by atoms with Crippen molar-refractivity contribution in [1.29, 1.82) is 0 Å². The topological polar surface area (TPSA) is 90.6 Å². The summed E-state index contributed by atoms with van der Waals surface area (Å²) in [5, 5.41) is 15.1. The molecule has 0 saturated heterocycles. The van der Waals surface area contributed by atoms with Gasteiger partial charge in [-0.1, -0.05) is 29.8 Å². The molecule has 0 fully saturated rings. The van der Waals surface area contributed by atoms with E-state index in [2.05, 4.69) is 49.0 Å². The zero-order valence-electron chi connectivity index (χ0n) is 18.3. The van der Waals surface area contributed by atoms with Gasteiger partial charge in [0.15, 0.2) is 0 Å². The summed E-state index contributed by atoms with van der Waals surface area (Å²) in [7, 11) is 0. The third kappa shape index (κ3) is 4.96. The van der Waals surface area contributed by atoms with E-state index >= 15 is 0 Å². The van der Waals surface area contributed by atoms with Crippen molar-refractivity contribution in [3.05, 3.63) is 71.3 Å². The Kier molecular flexibility index (Phi) is 6.17. The highest BCUT2D eigenvalue weighted by Gasteiger charge is 2.15. The second-order valence-electron chi connectivity index (χ2n) is 8.15. The summed E-state index contributed by atoms with van der Waals surface area (Å²) in [5.41, 5.74) is 5.71. The summed E-state index contributed by atoms with van der Waals surface area (Å²) < 4.78 is 7.76. The Balaban J connectivity index is 1.27. The molecule has 9 heteroatoms. The summed E-state index contributed by atoms with van der Waals surface area (Å²) in [6.07, 6.45) is 9.34. The van der Waals surface area contributed by atoms with Crippen LogP contribution in [0.4, 0.5) is 11.6 Å². The SMILES string of the molecule is C[C@@H](CCn1cnnn1)Oc1cc(-c2cnc(Nc3cccc4c3CCC4)nc2)ccc1Cl. The molecule has 8 nitrogen and oxygen atoms in total. The number of nitrogens with zero attached hydrogens (tertiary/aromatic N) is 6. The Morgan fingerprint density at radius 3 is 2.82 bits per heavy atom. The molecule has 1 aliphatic carbocycles. The fraction of sp³-hybridized carbons (Fsp3) is 0.292. The number of rotatable bonds is 8. The van der Waals surface area contributed by atoms with E-state index in [1.165, 1.54) is 17.5 Å². The van der Waals surface area contributed by atoms with Crippen molar-refractivity contribution in [3.63, 3.8) is 0 Å². The largest absolute Gasteiger partial charge is 0.489 e. The van der Waals surface area contributed by atoms with Gasteiger partial charge in [-0.15, -0.1) is 5.10 Å². The second-order valence-corrected chi connectivity index (χ2v) is 8.56. The standard InChI is InChI=1S/C24H24ClN7O/c1-16(10-11-32-15-28-30-31-32)33-23-12-18(8-9-21(23)25)19-13-26-24(27-14-19)29-22-7-3-5-17-4-2-6-20(17)22/h3,5,7-9,12-16H,2,4,6,10-11H2,1H3,(H,26,27,29)/t16-/m0/s1. The molecule has 2 aromatic carbocycles. The summed E-state index contributed by atoms with van der Waals surface area (Å²) in [5.74, 6) is 1.21. The van der Waals surface area contributed by atoms with E-state index < -0.39 is 0 Å². The summed E-state index contributed by atoms with van der Waals surface area (Å²) in [4.78, 5) is 9.06. The number of tetrazole rings is 1. The van der Waals surface area contributed by atoms with Gasteiger partial charge in [-0.3, -0.25) is 0 Å². The first-order valence-electron chi connectivity index (χ1n) is 11.0. The molecule has 0 spiro atoms. The average Bonchev–Trinajstić information content (AvgIpc) is 3.52. The molecule has 1 atom stereocenters. The van der Waals surface area contributed by atoms with E-state index in [-0.39, 0.29) is 6.10 Å². The monoisotopic (exact) mass is 461 g/mol. The summed E-state index contributed by atoms with van der Waals surface area (Å²) in [6, 6.07) is 12.1. The average molecular weight is 462 g/mol. The number of halogens is 1. The van der Waals surface area contributed by atoms with Crippen molar-refractivity contribution in [2.45, 2.75) is 45.3 Å². The number of fused-ring (bicyclic) bond motifs is 1. The van der Waals surface area contributed by atoms with Crippen molar-refractivity contribution in [2.24, 2.45) is 0 Å². The first kappa shape index (κ1) is 21.3. The number of hydrogen-bond donors (Lipinski definition) is 1. The smallest absolute Gasteiger partial charge is 0.227 e. The molecule has 0 saturated carbocycles. The quantitative estimate of drug-likeness (QED) is 0.400. The van der Waals surface area contributed by atoms with E-state index in [1.807, 2.05) is 37.5 Å². The fourth-order valence-corrected chi connectivity index (χ4v) is 4.21. The molecule has 0 amide bonds. The molecule has 5 rings (SSSR count). The predicted octanol–water partition coefficient (Wildman–Crippen LogP) is 4.87. The maximum Gasteiger partial charge on any atom is 0.227 e. The zero-order chi connectivity index (χ0) is 22.6. The van der Waals surface area contributed by atoms with Crippen molar-refractivity contribution >= 4 is 23.2 Å². The molecule has 1 aliphatic rings. The minimum atomic E-state index is -0.0580. The van der Waals surface area contributed by atoms with Gasteiger partial charge in [0.25, 0.3) is 0 Å². The molecule has 0 radical (unpaired) electrons. The van der Waals surface area contributed by atoms with Crippen LogP contribution < -0.4 is 10.1 Å². The molecule has 4 aromatic rings. The van der Waals surface area contributed by atoms with Crippen LogP contribution >= 0.6 is 11.6 Å². The Hall–Kier alpha value is -3.52. The molecule has 0 bridgehead atoms. The molecule has 0 unspecified atom stereocenters. The van der Waals surface area contributed by atoms with Crippen molar-refractivity contribution in [3.8, 4) is 16.9 Å². The van der Waals surface area contributed by atoms with Gasteiger partial charge in [0.05, 0.1) is 11.1 Å². The Bertz CT molecular complexity index is 1230. The van der Waals surface area contributed by atoms with E-state index in [0.717, 1.165) is 36.1 Å². The fourth-order valence-electron chi connectivity index (χ4n) is 4.04. The van der Waals surface area contributed by atoms with Crippen molar-refractivity contribution < 1.29 is 4.74 Å². The molecule has 0 aliphatic heterocycles. The molecular formula is C24H24ClN7O. The number of nitrogens with one attached hydrogen (secondary N) is 1. The van der Waals surface area contributed by atoms with Gasteiger partial charge < -0.3 is 10.1 Å². The van der Waals surface area contributed by atoms with Gasteiger partial charge in [0.2, 0.25) is 5.95 Å². The maximum atomic E-state index is 6.39. The van der Waals surface area contributed by atoms with Gasteiger partial charge in [0, 0.05) is 36.6 Å². The van der Waals surface area contributed by atoms with Crippen molar-refractivity contribution in [1.82, 2.24) is 30.2 Å². The van der Waals surface area contributed by atoms with E-state index in [4.69, 9.17) is 16.3 Å². The van der Waals surface area contributed by atoms with Crippen LogP contribution in [-0.4, -0.2) is 36.3 Å². The van der Waals surface area contributed by atoms with Crippen LogP contribution in [-0.2, 0) is 19.4 Å². The van der Waals surface area contributed by atoms with Gasteiger partial charge in [-0.25, -0.2) is 14.6 Å². The normalized spacial score (nSPS) is 13.5. The molecule has 2 aromatic heterocycles. The van der Waals surface area contributed by atoms with Gasteiger partial charge in [-0.2, -0.15) is 0 Å². The van der Waals surface area contributed by atoms with Crippen LogP contribution in [0.5, 0.6) is 5.75 Å². The van der Waals surface area contributed by atoms with E-state index in [1.54, 1.807) is 11.0 Å². The molecule has 1 N–H and O–H groups in total. The van der Waals surface area contributed by atoms with E-state index in [9.17, 15) is 0 Å². The molecule has 168 valence electrons. The Labute approximate surface area is 197 Å². The van der Waals surface area contributed by atoms with Gasteiger partial charge >= 0.3 is 0 Å². The maximum absolute atomic E-state index is 6.39. The zero-order valence-corrected chi connectivity index (χ0v) is 19.0. The highest BCUT2D eigenvalue weighted by Crippen LogP contribution is 2.32. The third-order valence-corrected chi connectivity index (χ3v) is 6.11. The Morgan fingerprint density at radius 2 is 2.00 bits per heavy atom. The van der Waals surface area contributed by atoms with Gasteiger partial charge in [0.1, 0.15) is 12.1 Å². The summed E-state index contributed by atoms with van der Waals surface area (Å²) in [6.45, 7) is 2.66. The molecule has 33 heavy (non-hydrogen) atoms. The Morgan fingerprint density at radius 1 is 1.12 bits per heavy atom. The van der Waals surface area contributed by atoms with Crippen LogP contribution in [0.2, 0.25) is 5.02 Å².